The molecule has 3 rings (SSSR count). The number of benzene rings is 1. The first-order chi connectivity index (χ1) is 11.7. The Morgan fingerprint density at radius 3 is 2.83 bits per heavy atom. The topological polar surface area (TPSA) is 67.0 Å². The van der Waals surface area contributed by atoms with Gasteiger partial charge in [-0.25, -0.2) is 0 Å². The number of ether oxygens (including phenoxy) is 1. The van der Waals surface area contributed by atoms with Crippen LogP contribution in [0.15, 0.2) is 30.5 Å². The van der Waals surface area contributed by atoms with Crippen LogP contribution in [0.25, 0.3) is 0 Å². The summed E-state index contributed by atoms with van der Waals surface area (Å²) in [4.78, 5) is 12.6. The quantitative estimate of drug-likeness (QED) is 0.873. The van der Waals surface area contributed by atoms with E-state index in [2.05, 4.69) is 21.6 Å². The van der Waals surface area contributed by atoms with Crippen molar-refractivity contribution in [1.29, 1.82) is 0 Å². The van der Waals surface area contributed by atoms with E-state index in [-0.39, 0.29) is 11.3 Å². The van der Waals surface area contributed by atoms with Crippen LogP contribution in [0, 0.1) is 0 Å². The van der Waals surface area contributed by atoms with Gasteiger partial charge in [0.25, 0.3) is 5.91 Å². The summed E-state index contributed by atoms with van der Waals surface area (Å²) in [5.41, 5.74) is 2.35. The van der Waals surface area contributed by atoms with Gasteiger partial charge in [0.1, 0.15) is 0 Å². The summed E-state index contributed by atoms with van der Waals surface area (Å²) in [5.74, 6) is -0.0986. The molecule has 1 aliphatic rings. The number of hydrogen-bond acceptors (Lipinski definition) is 3. The van der Waals surface area contributed by atoms with Gasteiger partial charge >= 0.3 is 0 Å². The summed E-state index contributed by atoms with van der Waals surface area (Å²) in [6.45, 7) is 3.88. The molecule has 0 aliphatic carbocycles. The standard InChI is InChI=1S/C18H22ClN3O2/c1-2-16-13(11-21-22-16)17(23)20-12-18(7-9-24-10-8-18)14-5-3-4-6-15(14)19/h3-6,11H,2,7-10,12H2,1H3,(H,20,23)(H,21,22). The van der Waals surface area contributed by atoms with E-state index in [0.717, 1.165) is 35.5 Å². The molecule has 0 saturated carbocycles. The molecule has 6 heteroatoms. The fourth-order valence-corrected chi connectivity index (χ4v) is 3.65. The molecule has 2 N–H and O–H groups in total. The van der Waals surface area contributed by atoms with E-state index in [1.807, 2.05) is 25.1 Å². The second-order valence-electron chi connectivity index (χ2n) is 6.17. The molecule has 1 aromatic carbocycles. The Hall–Kier alpha value is -1.85. The van der Waals surface area contributed by atoms with Crippen molar-refractivity contribution in [2.45, 2.75) is 31.6 Å². The number of H-pyrrole nitrogens is 1. The average Bonchev–Trinajstić information content (AvgIpc) is 3.10. The minimum Gasteiger partial charge on any atom is -0.381 e. The van der Waals surface area contributed by atoms with Crippen LogP contribution in [-0.2, 0) is 16.6 Å². The highest BCUT2D eigenvalue weighted by Crippen LogP contribution is 2.38. The maximum atomic E-state index is 12.6. The Labute approximate surface area is 146 Å². The third-order valence-electron chi connectivity index (χ3n) is 4.80. The molecule has 2 heterocycles. The Balaban J connectivity index is 1.81. The molecule has 0 bridgehead atoms. The van der Waals surface area contributed by atoms with Gasteiger partial charge in [-0.05, 0) is 30.9 Å². The zero-order valence-corrected chi connectivity index (χ0v) is 14.5. The Morgan fingerprint density at radius 2 is 2.12 bits per heavy atom. The smallest absolute Gasteiger partial charge is 0.254 e. The van der Waals surface area contributed by atoms with Crippen molar-refractivity contribution in [2.24, 2.45) is 0 Å². The van der Waals surface area contributed by atoms with Crippen molar-refractivity contribution >= 4 is 17.5 Å². The van der Waals surface area contributed by atoms with E-state index in [1.54, 1.807) is 6.20 Å². The molecule has 0 atom stereocenters. The summed E-state index contributed by atoms with van der Waals surface area (Å²) in [6, 6.07) is 7.87. The van der Waals surface area contributed by atoms with Crippen LogP contribution in [0.4, 0.5) is 0 Å². The summed E-state index contributed by atoms with van der Waals surface area (Å²) in [6.07, 6.45) is 4.00. The SMILES string of the molecule is CCc1[nH]ncc1C(=O)NCC1(c2ccccc2Cl)CCOCC1. The second-order valence-corrected chi connectivity index (χ2v) is 6.58. The van der Waals surface area contributed by atoms with Crippen molar-refractivity contribution in [1.82, 2.24) is 15.5 Å². The number of halogens is 1. The highest BCUT2D eigenvalue weighted by atomic mass is 35.5. The Kier molecular flexibility index (Phi) is 5.21. The number of carbonyl (C=O) groups is 1. The molecule has 1 aliphatic heterocycles. The molecule has 0 unspecified atom stereocenters. The van der Waals surface area contributed by atoms with E-state index in [4.69, 9.17) is 16.3 Å². The van der Waals surface area contributed by atoms with Gasteiger partial charge in [-0.3, -0.25) is 9.89 Å². The average molecular weight is 348 g/mol. The van der Waals surface area contributed by atoms with E-state index >= 15 is 0 Å². The lowest BCUT2D eigenvalue weighted by Gasteiger charge is -2.38. The van der Waals surface area contributed by atoms with Crippen molar-refractivity contribution in [3.8, 4) is 0 Å². The van der Waals surface area contributed by atoms with Crippen LogP contribution < -0.4 is 5.32 Å². The highest BCUT2D eigenvalue weighted by molar-refractivity contribution is 6.31. The lowest BCUT2D eigenvalue weighted by molar-refractivity contribution is 0.0487. The molecular formula is C18H22ClN3O2. The number of hydrogen-bond donors (Lipinski definition) is 2. The number of nitrogens with zero attached hydrogens (tertiary/aromatic N) is 1. The number of carbonyl (C=O) groups excluding carboxylic acids is 1. The van der Waals surface area contributed by atoms with Crippen molar-refractivity contribution in [3.63, 3.8) is 0 Å². The molecule has 2 aromatic rings. The van der Waals surface area contributed by atoms with Crippen LogP contribution in [0.3, 0.4) is 0 Å². The third kappa shape index (κ3) is 3.32. The third-order valence-corrected chi connectivity index (χ3v) is 5.13. The monoisotopic (exact) mass is 347 g/mol. The number of aromatic nitrogens is 2. The molecule has 1 fully saturated rings. The van der Waals surface area contributed by atoms with Crippen LogP contribution in [0.5, 0.6) is 0 Å². The summed E-state index contributed by atoms with van der Waals surface area (Å²) < 4.78 is 5.53. The maximum Gasteiger partial charge on any atom is 0.254 e. The van der Waals surface area contributed by atoms with E-state index in [9.17, 15) is 4.79 Å². The maximum absolute atomic E-state index is 12.6. The molecule has 5 nitrogen and oxygen atoms in total. The van der Waals surface area contributed by atoms with Gasteiger partial charge in [0, 0.05) is 35.9 Å². The van der Waals surface area contributed by atoms with Gasteiger partial charge in [0.05, 0.1) is 11.8 Å². The summed E-state index contributed by atoms with van der Waals surface area (Å²) >= 11 is 6.44. The van der Waals surface area contributed by atoms with Crippen LogP contribution in [0.2, 0.25) is 5.02 Å². The first kappa shape index (κ1) is 17.0. The zero-order valence-electron chi connectivity index (χ0n) is 13.8. The van der Waals surface area contributed by atoms with Crippen LogP contribution in [0.1, 0.15) is 41.4 Å². The summed E-state index contributed by atoms with van der Waals surface area (Å²) in [5, 5.41) is 10.7. The predicted octanol–water partition coefficient (Wildman–Crippen LogP) is 3.10. The minimum absolute atomic E-state index is 0.0986. The molecule has 1 saturated heterocycles. The molecule has 0 spiro atoms. The highest BCUT2D eigenvalue weighted by Gasteiger charge is 2.36. The first-order valence-electron chi connectivity index (χ1n) is 8.29. The van der Waals surface area contributed by atoms with E-state index in [1.165, 1.54) is 0 Å². The molecule has 1 aromatic heterocycles. The normalized spacial score (nSPS) is 16.8. The zero-order chi connectivity index (χ0) is 17.0. The van der Waals surface area contributed by atoms with Crippen LogP contribution in [-0.4, -0.2) is 35.9 Å². The fourth-order valence-electron chi connectivity index (χ4n) is 3.32. The van der Waals surface area contributed by atoms with Crippen molar-refractivity contribution in [2.75, 3.05) is 19.8 Å². The lowest BCUT2D eigenvalue weighted by Crippen LogP contribution is -2.44. The Bertz CT molecular complexity index is 708. The molecular weight excluding hydrogens is 326 g/mol. The van der Waals surface area contributed by atoms with Gasteiger partial charge in [0.15, 0.2) is 0 Å². The van der Waals surface area contributed by atoms with Gasteiger partial charge in [0.2, 0.25) is 0 Å². The largest absolute Gasteiger partial charge is 0.381 e. The van der Waals surface area contributed by atoms with Crippen molar-refractivity contribution < 1.29 is 9.53 Å². The number of amides is 1. The first-order valence-corrected chi connectivity index (χ1v) is 8.67. The van der Waals surface area contributed by atoms with Crippen LogP contribution >= 0.6 is 11.6 Å². The number of aromatic amines is 1. The van der Waals surface area contributed by atoms with Crippen molar-refractivity contribution in [3.05, 3.63) is 52.3 Å². The second kappa shape index (κ2) is 7.36. The van der Waals surface area contributed by atoms with Gasteiger partial charge in [-0.2, -0.15) is 5.10 Å². The Morgan fingerprint density at radius 1 is 1.38 bits per heavy atom. The number of aryl methyl sites for hydroxylation is 1. The number of nitrogens with one attached hydrogen (secondary N) is 2. The van der Waals surface area contributed by atoms with E-state index in [0.29, 0.717) is 25.3 Å². The van der Waals surface area contributed by atoms with Gasteiger partial charge in [-0.15, -0.1) is 0 Å². The number of rotatable bonds is 5. The molecule has 0 radical (unpaired) electrons. The fraction of sp³-hybridized carbons (Fsp3) is 0.444. The molecule has 24 heavy (non-hydrogen) atoms. The minimum atomic E-state index is -0.192. The molecule has 128 valence electrons. The summed E-state index contributed by atoms with van der Waals surface area (Å²) in [7, 11) is 0. The lowest BCUT2D eigenvalue weighted by atomic mass is 9.74. The van der Waals surface area contributed by atoms with E-state index < -0.39 is 0 Å². The van der Waals surface area contributed by atoms with Gasteiger partial charge in [-0.1, -0.05) is 36.7 Å². The molecule has 1 amide bonds. The van der Waals surface area contributed by atoms with Gasteiger partial charge < -0.3 is 10.1 Å². The predicted molar refractivity (Wildman–Crippen MR) is 93.5 cm³/mol.